The first-order valence-electron chi connectivity index (χ1n) is 7.22. The third kappa shape index (κ3) is 4.57. The van der Waals surface area contributed by atoms with Crippen molar-refractivity contribution >= 4 is 28.7 Å². The highest BCUT2D eigenvalue weighted by Crippen LogP contribution is 2.18. The van der Waals surface area contributed by atoms with Gasteiger partial charge in [0, 0.05) is 29.5 Å². The van der Waals surface area contributed by atoms with Crippen molar-refractivity contribution in [2.45, 2.75) is 31.7 Å². The summed E-state index contributed by atoms with van der Waals surface area (Å²) in [6, 6.07) is 6.32. The number of para-hydroxylation sites is 1. The second-order valence-corrected chi connectivity index (χ2v) is 5.21. The molecular formula is C16H16N2O5-2. The van der Waals surface area contributed by atoms with Crippen molar-refractivity contribution in [3.63, 3.8) is 0 Å². The van der Waals surface area contributed by atoms with Gasteiger partial charge < -0.3 is 30.1 Å². The minimum Gasteiger partial charge on any atom is -0.550 e. The van der Waals surface area contributed by atoms with Gasteiger partial charge in [0.15, 0.2) is 0 Å². The van der Waals surface area contributed by atoms with E-state index in [0.717, 1.165) is 16.5 Å². The zero-order chi connectivity index (χ0) is 16.8. The van der Waals surface area contributed by atoms with Crippen molar-refractivity contribution < 1.29 is 24.6 Å². The van der Waals surface area contributed by atoms with Gasteiger partial charge in [-0.05, 0) is 30.9 Å². The molecule has 2 aromatic rings. The Bertz CT molecular complexity index is 722. The van der Waals surface area contributed by atoms with E-state index in [1.54, 1.807) is 0 Å². The van der Waals surface area contributed by atoms with E-state index in [1.807, 2.05) is 30.5 Å². The van der Waals surface area contributed by atoms with Crippen LogP contribution in [-0.4, -0.2) is 28.9 Å². The molecule has 0 aliphatic rings. The summed E-state index contributed by atoms with van der Waals surface area (Å²) >= 11 is 0. The summed E-state index contributed by atoms with van der Waals surface area (Å²) in [6.45, 7) is 0. The summed E-state index contributed by atoms with van der Waals surface area (Å²) in [5.41, 5.74) is 1.92. The third-order valence-electron chi connectivity index (χ3n) is 3.55. The molecule has 0 bridgehead atoms. The molecule has 1 heterocycles. The van der Waals surface area contributed by atoms with E-state index in [-0.39, 0.29) is 12.8 Å². The lowest BCUT2D eigenvalue weighted by Gasteiger charge is -2.19. The molecule has 2 rings (SSSR count). The van der Waals surface area contributed by atoms with Crippen LogP contribution in [0.3, 0.4) is 0 Å². The van der Waals surface area contributed by atoms with Crippen molar-refractivity contribution in [3.8, 4) is 0 Å². The first-order chi connectivity index (χ1) is 11.0. The van der Waals surface area contributed by atoms with E-state index in [1.165, 1.54) is 0 Å². The second kappa shape index (κ2) is 7.44. The van der Waals surface area contributed by atoms with Crippen LogP contribution >= 0.6 is 0 Å². The van der Waals surface area contributed by atoms with Crippen LogP contribution in [0, 0.1) is 0 Å². The number of carboxylic acids is 2. The summed E-state index contributed by atoms with van der Waals surface area (Å²) in [4.78, 5) is 36.2. The van der Waals surface area contributed by atoms with E-state index in [0.29, 0.717) is 6.42 Å². The van der Waals surface area contributed by atoms with Gasteiger partial charge in [0.2, 0.25) is 5.91 Å². The van der Waals surface area contributed by atoms with Gasteiger partial charge in [0.1, 0.15) is 0 Å². The number of nitrogens with one attached hydrogen (secondary N) is 2. The molecule has 1 amide bonds. The Morgan fingerprint density at radius 1 is 1.13 bits per heavy atom. The Hall–Kier alpha value is -2.83. The number of H-pyrrole nitrogens is 1. The molecule has 0 aliphatic heterocycles. The lowest BCUT2D eigenvalue weighted by atomic mass is 10.1. The highest BCUT2D eigenvalue weighted by atomic mass is 16.4. The highest BCUT2D eigenvalue weighted by molar-refractivity contribution is 5.85. The zero-order valence-electron chi connectivity index (χ0n) is 12.3. The van der Waals surface area contributed by atoms with Gasteiger partial charge in [-0.2, -0.15) is 0 Å². The van der Waals surface area contributed by atoms with Crippen molar-refractivity contribution in [2.75, 3.05) is 0 Å². The Labute approximate surface area is 132 Å². The predicted octanol–water partition coefficient (Wildman–Crippen LogP) is -1.13. The number of carbonyl (C=O) groups excluding carboxylic acids is 3. The lowest BCUT2D eigenvalue weighted by molar-refractivity contribution is -0.310. The van der Waals surface area contributed by atoms with E-state index in [2.05, 4.69) is 10.3 Å². The zero-order valence-corrected chi connectivity index (χ0v) is 12.3. The minimum atomic E-state index is -1.51. The van der Waals surface area contributed by atoms with Crippen LogP contribution in [-0.2, 0) is 20.8 Å². The number of carboxylic acid groups (broad SMARTS) is 2. The van der Waals surface area contributed by atoms with E-state index in [9.17, 15) is 24.6 Å². The van der Waals surface area contributed by atoms with Gasteiger partial charge in [-0.25, -0.2) is 0 Å². The van der Waals surface area contributed by atoms with Crippen LogP contribution in [0.1, 0.15) is 24.8 Å². The number of aromatic amines is 1. The molecule has 1 aromatic heterocycles. The SMILES string of the molecule is O=C([O-])CC[C@H](NC(=O)CCc1c[nH]c2ccccc12)C(=O)[O-]. The summed E-state index contributed by atoms with van der Waals surface area (Å²) < 4.78 is 0. The molecule has 7 nitrogen and oxygen atoms in total. The van der Waals surface area contributed by atoms with Crippen LogP contribution in [0.4, 0.5) is 0 Å². The van der Waals surface area contributed by atoms with Crippen LogP contribution in [0.5, 0.6) is 0 Å². The van der Waals surface area contributed by atoms with Gasteiger partial charge in [0.05, 0.1) is 12.0 Å². The topological polar surface area (TPSA) is 125 Å². The molecule has 1 aromatic carbocycles. The molecule has 0 unspecified atom stereocenters. The van der Waals surface area contributed by atoms with Crippen molar-refractivity contribution in [3.05, 3.63) is 36.0 Å². The Balaban J connectivity index is 1.90. The normalized spacial score (nSPS) is 12.0. The van der Waals surface area contributed by atoms with Crippen LogP contribution in [0.25, 0.3) is 10.9 Å². The smallest absolute Gasteiger partial charge is 0.220 e. The highest BCUT2D eigenvalue weighted by Gasteiger charge is 2.14. The summed E-state index contributed by atoms with van der Waals surface area (Å²) in [7, 11) is 0. The van der Waals surface area contributed by atoms with E-state index in [4.69, 9.17) is 0 Å². The maximum absolute atomic E-state index is 11.9. The number of aryl methyl sites for hydroxylation is 1. The minimum absolute atomic E-state index is 0.0942. The van der Waals surface area contributed by atoms with Gasteiger partial charge in [0.25, 0.3) is 0 Å². The standard InChI is InChI=1S/C16H18N2O5/c19-14(18-13(16(22)23)6-8-15(20)21)7-5-10-9-17-12-4-2-1-3-11(10)12/h1-4,9,13,17H,5-8H2,(H,18,19)(H,20,21)(H,22,23)/p-2/t13-/m0/s1. The van der Waals surface area contributed by atoms with Gasteiger partial charge in [-0.3, -0.25) is 4.79 Å². The maximum Gasteiger partial charge on any atom is 0.220 e. The van der Waals surface area contributed by atoms with Gasteiger partial charge >= 0.3 is 0 Å². The number of rotatable bonds is 8. The van der Waals surface area contributed by atoms with Gasteiger partial charge in [-0.1, -0.05) is 18.2 Å². The Kier molecular flexibility index (Phi) is 5.35. The molecule has 122 valence electrons. The maximum atomic E-state index is 11.9. The van der Waals surface area contributed by atoms with Crippen molar-refractivity contribution in [1.29, 1.82) is 0 Å². The average molecular weight is 316 g/mol. The summed E-state index contributed by atoms with van der Waals surface area (Å²) in [5.74, 6) is -3.35. The van der Waals surface area contributed by atoms with Crippen molar-refractivity contribution in [1.82, 2.24) is 10.3 Å². The number of carbonyl (C=O) groups is 3. The third-order valence-corrected chi connectivity index (χ3v) is 3.55. The lowest BCUT2D eigenvalue weighted by Crippen LogP contribution is -2.48. The monoisotopic (exact) mass is 316 g/mol. The van der Waals surface area contributed by atoms with E-state index >= 15 is 0 Å². The molecule has 2 N–H and O–H groups in total. The molecule has 0 saturated heterocycles. The molecule has 0 spiro atoms. The summed E-state index contributed by atoms with van der Waals surface area (Å²) in [5, 5.41) is 24.6. The Morgan fingerprint density at radius 2 is 1.87 bits per heavy atom. The molecule has 0 fully saturated rings. The molecule has 0 saturated carbocycles. The number of benzene rings is 1. The fourth-order valence-corrected chi connectivity index (χ4v) is 2.36. The second-order valence-electron chi connectivity index (χ2n) is 5.21. The molecule has 7 heteroatoms. The number of amides is 1. The fraction of sp³-hybridized carbons (Fsp3) is 0.312. The van der Waals surface area contributed by atoms with Crippen LogP contribution in [0.2, 0.25) is 0 Å². The fourth-order valence-electron chi connectivity index (χ4n) is 2.36. The Morgan fingerprint density at radius 3 is 2.57 bits per heavy atom. The van der Waals surface area contributed by atoms with Crippen molar-refractivity contribution in [2.24, 2.45) is 0 Å². The number of aromatic nitrogens is 1. The average Bonchev–Trinajstić information content (AvgIpc) is 2.92. The number of fused-ring (bicyclic) bond motifs is 1. The first-order valence-corrected chi connectivity index (χ1v) is 7.22. The van der Waals surface area contributed by atoms with Crippen LogP contribution in [0.15, 0.2) is 30.5 Å². The summed E-state index contributed by atoms with van der Waals surface area (Å²) in [6.07, 6.45) is 1.63. The number of hydrogen-bond acceptors (Lipinski definition) is 5. The van der Waals surface area contributed by atoms with Gasteiger partial charge in [-0.15, -0.1) is 0 Å². The molecule has 1 atom stereocenters. The first kappa shape index (κ1) is 16.5. The molecule has 0 radical (unpaired) electrons. The quantitative estimate of drug-likeness (QED) is 0.637. The van der Waals surface area contributed by atoms with Crippen LogP contribution < -0.4 is 15.5 Å². The molecule has 0 aliphatic carbocycles. The number of hydrogen-bond donors (Lipinski definition) is 2. The molecule has 23 heavy (non-hydrogen) atoms. The number of aliphatic carboxylic acids is 2. The van der Waals surface area contributed by atoms with E-state index < -0.39 is 30.3 Å². The largest absolute Gasteiger partial charge is 0.550 e. The predicted molar refractivity (Wildman–Crippen MR) is 77.8 cm³/mol. The molecular weight excluding hydrogens is 300 g/mol.